The van der Waals surface area contributed by atoms with Crippen LogP contribution in [-0.2, 0) is 5.41 Å². The molecule has 0 saturated carbocycles. The van der Waals surface area contributed by atoms with Crippen LogP contribution in [0, 0.1) is 0 Å². The topological polar surface area (TPSA) is 25.8 Å². The van der Waals surface area contributed by atoms with Gasteiger partial charge in [0, 0.05) is 42.4 Å². The monoisotopic (exact) mass is 806 g/mol. The molecule has 0 fully saturated rings. The number of thiophene rings is 1. The van der Waals surface area contributed by atoms with Gasteiger partial charge in [-0.15, -0.1) is 11.3 Å². The fourth-order valence-corrected chi connectivity index (χ4v) is 11.1. The van der Waals surface area contributed by atoms with Crippen molar-refractivity contribution in [1.82, 2.24) is 9.97 Å². The summed E-state index contributed by atoms with van der Waals surface area (Å²) < 4.78 is 2.58. The highest BCUT2D eigenvalue weighted by molar-refractivity contribution is 7.26. The Bertz CT molecular complexity index is 3400. The molecule has 2 aromatic heterocycles. The zero-order valence-electron chi connectivity index (χ0n) is 33.7. The van der Waals surface area contributed by atoms with Crippen molar-refractivity contribution >= 4 is 31.5 Å². The highest BCUT2D eigenvalue weighted by Gasteiger charge is 2.46. The molecule has 2 heterocycles. The van der Waals surface area contributed by atoms with Gasteiger partial charge in [0.15, 0.2) is 5.82 Å². The van der Waals surface area contributed by atoms with E-state index in [1.54, 1.807) is 0 Å². The van der Waals surface area contributed by atoms with Gasteiger partial charge in [0.05, 0.1) is 16.8 Å². The molecule has 0 saturated heterocycles. The summed E-state index contributed by atoms with van der Waals surface area (Å²) in [6, 6.07) is 83.3. The Morgan fingerprint density at radius 3 is 1.63 bits per heavy atom. The molecule has 0 atom stereocenters. The van der Waals surface area contributed by atoms with Gasteiger partial charge < -0.3 is 0 Å². The van der Waals surface area contributed by atoms with Crippen LogP contribution in [0.15, 0.2) is 231 Å². The van der Waals surface area contributed by atoms with Gasteiger partial charge in [-0.05, 0) is 62.2 Å². The molecule has 9 aromatic carbocycles. The molecule has 0 N–H and O–H groups in total. The molecule has 0 spiro atoms. The Balaban J connectivity index is 1.00. The van der Waals surface area contributed by atoms with Crippen LogP contribution < -0.4 is 0 Å². The number of aromatic nitrogens is 2. The highest BCUT2D eigenvalue weighted by atomic mass is 32.1. The molecule has 0 unspecified atom stereocenters. The maximum absolute atomic E-state index is 5.29. The number of hydrogen-bond donors (Lipinski definition) is 0. The Morgan fingerprint density at radius 1 is 0.339 bits per heavy atom. The van der Waals surface area contributed by atoms with Crippen molar-refractivity contribution < 1.29 is 0 Å². The maximum Gasteiger partial charge on any atom is 0.160 e. The minimum atomic E-state index is -0.450. The van der Waals surface area contributed by atoms with E-state index in [1.807, 2.05) is 17.4 Å². The molecule has 0 aliphatic heterocycles. The Hall–Kier alpha value is -7.72. The SMILES string of the molecule is c1ccc(-c2nc(-c3ccc(-c4cccc5c4-c4ccccc4C5(c4ccccc4)c4ccccc4)cc3)cc(-c3ccccc3-c3cccc4c3sc3ccccc34)n2)cc1. The van der Waals surface area contributed by atoms with Crippen LogP contribution in [0.5, 0.6) is 0 Å². The third-order valence-electron chi connectivity index (χ3n) is 12.6. The molecule has 0 bridgehead atoms. The molecule has 2 nitrogen and oxygen atoms in total. The smallest absolute Gasteiger partial charge is 0.160 e. The van der Waals surface area contributed by atoms with Crippen molar-refractivity contribution in [3.05, 3.63) is 253 Å². The van der Waals surface area contributed by atoms with E-state index in [0.717, 1.165) is 39.2 Å². The molecule has 290 valence electrons. The molecular formula is C59H38N2S. The number of rotatable bonds is 7. The molecule has 1 aliphatic carbocycles. The fourth-order valence-electron chi connectivity index (χ4n) is 9.90. The van der Waals surface area contributed by atoms with Gasteiger partial charge in [-0.25, -0.2) is 9.97 Å². The van der Waals surface area contributed by atoms with E-state index in [0.29, 0.717) is 5.82 Å². The summed E-state index contributed by atoms with van der Waals surface area (Å²) in [5.41, 5.74) is 16.9. The molecular weight excluding hydrogens is 769 g/mol. The van der Waals surface area contributed by atoms with Crippen molar-refractivity contribution in [3.8, 4) is 67.3 Å². The average molecular weight is 807 g/mol. The first-order valence-corrected chi connectivity index (χ1v) is 22.0. The molecule has 12 rings (SSSR count). The highest BCUT2D eigenvalue weighted by Crippen LogP contribution is 2.58. The van der Waals surface area contributed by atoms with E-state index in [-0.39, 0.29) is 0 Å². The molecule has 3 heteroatoms. The summed E-state index contributed by atoms with van der Waals surface area (Å²) in [6.07, 6.45) is 0. The lowest BCUT2D eigenvalue weighted by molar-refractivity contribution is 0.768. The lowest BCUT2D eigenvalue weighted by Crippen LogP contribution is -2.28. The van der Waals surface area contributed by atoms with E-state index < -0.39 is 5.41 Å². The average Bonchev–Trinajstić information content (AvgIpc) is 3.89. The number of hydrogen-bond acceptors (Lipinski definition) is 3. The number of nitrogens with zero attached hydrogens (tertiary/aromatic N) is 2. The van der Waals surface area contributed by atoms with E-state index in [9.17, 15) is 0 Å². The van der Waals surface area contributed by atoms with Crippen LogP contribution in [0.1, 0.15) is 22.3 Å². The van der Waals surface area contributed by atoms with Gasteiger partial charge in [-0.1, -0.05) is 218 Å². The largest absolute Gasteiger partial charge is 0.228 e. The minimum Gasteiger partial charge on any atom is -0.228 e. The predicted octanol–water partition coefficient (Wildman–Crippen LogP) is 15.5. The fraction of sp³-hybridized carbons (Fsp3) is 0.0169. The van der Waals surface area contributed by atoms with Gasteiger partial charge in [-0.3, -0.25) is 0 Å². The summed E-state index contributed by atoms with van der Waals surface area (Å²) in [4.78, 5) is 10.5. The molecule has 1 aliphatic rings. The van der Waals surface area contributed by atoms with E-state index in [4.69, 9.17) is 9.97 Å². The summed E-state index contributed by atoms with van der Waals surface area (Å²) >= 11 is 1.85. The van der Waals surface area contributed by atoms with Crippen molar-refractivity contribution in [2.75, 3.05) is 0 Å². The standard InChI is InChI=1S/C59H38N2S/c1-4-18-41(19-5-1)58-60-53(38-54(61-58)46-25-11-10-24-45(46)48-29-16-30-49-47-26-13-15-33-55(47)62-57(48)49)40-36-34-39(35-37-40)44-28-17-32-52-56(44)50-27-12-14-31-51(50)59(52,42-20-6-2-7-21-42)43-22-8-3-9-23-43/h1-38H. The second kappa shape index (κ2) is 14.8. The zero-order chi connectivity index (χ0) is 41.0. The van der Waals surface area contributed by atoms with Crippen LogP contribution in [0.3, 0.4) is 0 Å². The quantitative estimate of drug-likeness (QED) is 0.160. The third-order valence-corrected chi connectivity index (χ3v) is 13.8. The van der Waals surface area contributed by atoms with Crippen LogP contribution in [0.4, 0.5) is 0 Å². The van der Waals surface area contributed by atoms with Crippen LogP contribution in [-0.4, -0.2) is 9.97 Å². The lowest BCUT2D eigenvalue weighted by Gasteiger charge is -2.34. The van der Waals surface area contributed by atoms with Crippen LogP contribution in [0.2, 0.25) is 0 Å². The summed E-state index contributed by atoms with van der Waals surface area (Å²) in [6.45, 7) is 0. The van der Waals surface area contributed by atoms with E-state index in [1.165, 1.54) is 64.7 Å². The first kappa shape index (κ1) is 36.2. The first-order chi connectivity index (χ1) is 30.8. The van der Waals surface area contributed by atoms with Crippen LogP contribution >= 0.6 is 11.3 Å². The summed E-state index contributed by atoms with van der Waals surface area (Å²) in [7, 11) is 0. The summed E-state index contributed by atoms with van der Waals surface area (Å²) in [5.74, 6) is 0.702. The number of fused-ring (bicyclic) bond motifs is 6. The Morgan fingerprint density at radius 2 is 0.871 bits per heavy atom. The number of benzene rings is 9. The Kier molecular flexibility index (Phi) is 8.62. The zero-order valence-corrected chi connectivity index (χ0v) is 34.6. The normalized spacial score (nSPS) is 12.6. The second-order valence-corrected chi connectivity index (χ2v) is 17.0. The summed E-state index contributed by atoms with van der Waals surface area (Å²) in [5, 5.41) is 2.58. The van der Waals surface area contributed by atoms with Crippen molar-refractivity contribution in [3.63, 3.8) is 0 Å². The molecule has 62 heavy (non-hydrogen) atoms. The van der Waals surface area contributed by atoms with Gasteiger partial charge in [0.1, 0.15) is 0 Å². The van der Waals surface area contributed by atoms with E-state index in [2.05, 4.69) is 224 Å². The molecule has 0 amide bonds. The Labute approximate surface area is 365 Å². The van der Waals surface area contributed by atoms with Crippen LogP contribution in [0.25, 0.3) is 87.5 Å². The van der Waals surface area contributed by atoms with Crippen molar-refractivity contribution in [2.45, 2.75) is 5.41 Å². The van der Waals surface area contributed by atoms with E-state index >= 15 is 0 Å². The van der Waals surface area contributed by atoms with Crippen molar-refractivity contribution in [2.24, 2.45) is 0 Å². The molecule has 11 aromatic rings. The second-order valence-electron chi connectivity index (χ2n) is 16.0. The maximum atomic E-state index is 5.29. The van der Waals surface area contributed by atoms with Gasteiger partial charge in [0.2, 0.25) is 0 Å². The minimum absolute atomic E-state index is 0.450. The van der Waals surface area contributed by atoms with Crippen molar-refractivity contribution in [1.29, 1.82) is 0 Å². The first-order valence-electron chi connectivity index (χ1n) is 21.2. The molecule has 0 radical (unpaired) electrons. The van der Waals surface area contributed by atoms with Gasteiger partial charge >= 0.3 is 0 Å². The third kappa shape index (κ3) is 5.70. The van der Waals surface area contributed by atoms with Gasteiger partial charge in [0.25, 0.3) is 0 Å². The predicted molar refractivity (Wildman–Crippen MR) is 259 cm³/mol. The van der Waals surface area contributed by atoms with Gasteiger partial charge in [-0.2, -0.15) is 0 Å². The lowest BCUT2D eigenvalue weighted by atomic mass is 9.67.